The highest BCUT2D eigenvalue weighted by Gasteiger charge is 2.13. The Morgan fingerprint density at radius 3 is 2.88 bits per heavy atom. The fourth-order valence-electron chi connectivity index (χ4n) is 1.10. The summed E-state index contributed by atoms with van der Waals surface area (Å²) >= 11 is 0. The Balaban J connectivity index is 2.78. The average Bonchev–Trinajstić information content (AvgIpc) is 2.29. The zero-order valence-corrected chi connectivity index (χ0v) is 9.30. The molecule has 0 spiro atoms. The second kappa shape index (κ2) is 5.64. The molecule has 0 aliphatic heterocycles. The number of aromatic nitrogens is 1. The van der Waals surface area contributed by atoms with Crippen LogP contribution in [0.4, 0.5) is 10.5 Å². The van der Waals surface area contributed by atoms with Crippen LogP contribution in [0.15, 0.2) is 31.0 Å². The number of urea groups is 1. The maximum Gasteiger partial charge on any atom is 0.356 e. The number of nitrogens with zero attached hydrogens (tertiary/aromatic N) is 1. The van der Waals surface area contributed by atoms with E-state index in [0.29, 0.717) is 0 Å². The van der Waals surface area contributed by atoms with E-state index in [0.717, 1.165) is 0 Å². The molecule has 1 heterocycles. The van der Waals surface area contributed by atoms with Crippen LogP contribution in [-0.4, -0.2) is 28.1 Å². The van der Waals surface area contributed by atoms with Crippen LogP contribution in [0, 0.1) is 0 Å². The van der Waals surface area contributed by atoms with Crippen molar-refractivity contribution in [3.05, 3.63) is 36.7 Å². The molecule has 0 bridgehead atoms. The summed E-state index contributed by atoms with van der Waals surface area (Å²) in [7, 11) is 0. The van der Waals surface area contributed by atoms with Gasteiger partial charge in [0.2, 0.25) is 0 Å². The Kier molecular flexibility index (Phi) is 4.21. The van der Waals surface area contributed by atoms with E-state index in [-0.39, 0.29) is 17.4 Å². The smallest absolute Gasteiger partial charge is 0.356 e. The highest BCUT2D eigenvalue weighted by molar-refractivity contribution is 5.98. The van der Waals surface area contributed by atoms with Gasteiger partial charge in [0.1, 0.15) is 0 Å². The highest BCUT2D eigenvalue weighted by Crippen LogP contribution is 2.11. The molecule has 0 radical (unpaired) electrons. The number of rotatable bonds is 4. The van der Waals surface area contributed by atoms with Gasteiger partial charge in [0.05, 0.1) is 5.69 Å². The number of pyridine rings is 1. The number of carboxylic acids is 1. The van der Waals surface area contributed by atoms with Gasteiger partial charge in [-0.05, 0) is 19.1 Å². The van der Waals surface area contributed by atoms with E-state index in [2.05, 4.69) is 22.2 Å². The van der Waals surface area contributed by atoms with E-state index in [1.165, 1.54) is 12.3 Å². The number of amides is 2. The molecule has 0 saturated carbocycles. The van der Waals surface area contributed by atoms with Crippen molar-refractivity contribution >= 4 is 17.7 Å². The van der Waals surface area contributed by atoms with Gasteiger partial charge in [-0.1, -0.05) is 6.08 Å². The second-order valence-electron chi connectivity index (χ2n) is 3.33. The molecule has 17 heavy (non-hydrogen) atoms. The summed E-state index contributed by atoms with van der Waals surface area (Å²) in [6.07, 6.45) is 2.90. The van der Waals surface area contributed by atoms with E-state index >= 15 is 0 Å². The van der Waals surface area contributed by atoms with Crippen molar-refractivity contribution in [2.45, 2.75) is 13.0 Å². The Hall–Kier alpha value is -2.37. The van der Waals surface area contributed by atoms with Crippen LogP contribution < -0.4 is 10.6 Å². The lowest BCUT2D eigenvalue weighted by atomic mass is 10.3. The topological polar surface area (TPSA) is 91.3 Å². The molecule has 1 aromatic rings. The Morgan fingerprint density at radius 2 is 2.29 bits per heavy atom. The minimum absolute atomic E-state index is 0.147. The number of hydrogen-bond acceptors (Lipinski definition) is 3. The Labute approximate surface area is 98.4 Å². The molecule has 6 heteroatoms. The maximum atomic E-state index is 11.5. The predicted octanol–water partition coefficient (Wildman–Crippen LogP) is 1.48. The maximum absolute atomic E-state index is 11.5. The van der Waals surface area contributed by atoms with Gasteiger partial charge in [0.25, 0.3) is 0 Å². The van der Waals surface area contributed by atoms with Gasteiger partial charge >= 0.3 is 12.0 Å². The largest absolute Gasteiger partial charge is 0.476 e. The van der Waals surface area contributed by atoms with Crippen LogP contribution >= 0.6 is 0 Å². The Bertz CT molecular complexity index is 445. The summed E-state index contributed by atoms with van der Waals surface area (Å²) in [5.74, 6) is -1.20. The summed E-state index contributed by atoms with van der Waals surface area (Å²) in [5.41, 5.74) is -0.0531. The van der Waals surface area contributed by atoms with Crippen molar-refractivity contribution in [3.8, 4) is 0 Å². The van der Waals surface area contributed by atoms with Crippen LogP contribution in [0.25, 0.3) is 0 Å². The summed E-state index contributed by atoms with van der Waals surface area (Å²) < 4.78 is 0. The molecule has 0 saturated heterocycles. The summed E-state index contributed by atoms with van der Waals surface area (Å²) in [6.45, 7) is 5.26. The van der Waals surface area contributed by atoms with Gasteiger partial charge in [0, 0.05) is 12.2 Å². The van der Waals surface area contributed by atoms with E-state index in [9.17, 15) is 9.59 Å². The minimum Gasteiger partial charge on any atom is -0.476 e. The van der Waals surface area contributed by atoms with Crippen LogP contribution in [0.2, 0.25) is 0 Å². The van der Waals surface area contributed by atoms with Crippen molar-refractivity contribution in [1.29, 1.82) is 0 Å². The van der Waals surface area contributed by atoms with Crippen molar-refractivity contribution < 1.29 is 14.7 Å². The number of anilines is 1. The molecule has 0 aromatic carbocycles. The number of carbonyl (C=O) groups is 2. The number of hydrogen-bond donors (Lipinski definition) is 3. The first-order valence-corrected chi connectivity index (χ1v) is 4.93. The lowest BCUT2D eigenvalue weighted by Crippen LogP contribution is -2.35. The highest BCUT2D eigenvalue weighted by atomic mass is 16.4. The molecule has 1 atom stereocenters. The van der Waals surface area contributed by atoms with Crippen LogP contribution in [-0.2, 0) is 0 Å². The number of aromatic carboxylic acids is 1. The molecular formula is C11H13N3O3. The third kappa shape index (κ3) is 3.60. The van der Waals surface area contributed by atoms with E-state index in [1.807, 2.05) is 0 Å². The zero-order chi connectivity index (χ0) is 12.8. The van der Waals surface area contributed by atoms with Crippen molar-refractivity contribution in [3.63, 3.8) is 0 Å². The standard InChI is InChI=1S/C11H13N3O3/c1-3-7(2)13-11(17)14-8-5-4-6-12-9(8)10(15)16/h3-7H,1H2,2H3,(H,15,16)(H2,13,14,17). The van der Waals surface area contributed by atoms with Gasteiger partial charge in [-0.2, -0.15) is 0 Å². The van der Waals surface area contributed by atoms with Gasteiger partial charge in [-0.25, -0.2) is 14.6 Å². The molecule has 2 amide bonds. The van der Waals surface area contributed by atoms with Gasteiger partial charge in [-0.15, -0.1) is 6.58 Å². The average molecular weight is 235 g/mol. The summed E-state index contributed by atoms with van der Waals surface area (Å²) in [5, 5.41) is 13.8. The van der Waals surface area contributed by atoms with Crippen molar-refractivity contribution in [1.82, 2.24) is 10.3 Å². The molecule has 1 unspecified atom stereocenters. The molecule has 0 fully saturated rings. The predicted molar refractivity (Wildman–Crippen MR) is 63.0 cm³/mol. The molecule has 0 aliphatic carbocycles. The SMILES string of the molecule is C=CC(C)NC(=O)Nc1cccnc1C(=O)O. The van der Waals surface area contributed by atoms with Crippen molar-refractivity contribution in [2.24, 2.45) is 0 Å². The first-order valence-electron chi connectivity index (χ1n) is 4.93. The lowest BCUT2D eigenvalue weighted by molar-refractivity contribution is 0.0692. The zero-order valence-electron chi connectivity index (χ0n) is 9.30. The number of carbonyl (C=O) groups excluding carboxylic acids is 1. The molecule has 1 rings (SSSR count). The molecular weight excluding hydrogens is 222 g/mol. The van der Waals surface area contributed by atoms with Gasteiger partial charge in [-0.3, -0.25) is 0 Å². The Morgan fingerprint density at radius 1 is 1.59 bits per heavy atom. The first kappa shape index (κ1) is 12.7. The number of nitrogens with one attached hydrogen (secondary N) is 2. The molecule has 90 valence electrons. The molecule has 3 N–H and O–H groups in total. The molecule has 1 aromatic heterocycles. The van der Waals surface area contributed by atoms with Crippen LogP contribution in [0.3, 0.4) is 0 Å². The summed E-state index contributed by atoms with van der Waals surface area (Å²) in [4.78, 5) is 26.0. The summed E-state index contributed by atoms with van der Waals surface area (Å²) in [6, 6.07) is 2.29. The quantitative estimate of drug-likeness (QED) is 0.689. The van der Waals surface area contributed by atoms with Gasteiger partial charge < -0.3 is 15.7 Å². The van der Waals surface area contributed by atoms with Crippen molar-refractivity contribution in [2.75, 3.05) is 5.32 Å². The number of carboxylic acid groups (broad SMARTS) is 1. The fourth-order valence-corrected chi connectivity index (χ4v) is 1.10. The second-order valence-corrected chi connectivity index (χ2v) is 3.33. The van der Waals surface area contributed by atoms with E-state index < -0.39 is 12.0 Å². The van der Waals surface area contributed by atoms with E-state index in [1.54, 1.807) is 19.1 Å². The van der Waals surface area contributed by atoms with Crippen LogP contribution in [0.5, 0.6) is 0 Å². The first-order chi connectivity index (χ1) is 8.04. The minimum atomic E-state index is -1.20. The lowest BCUT2D eigenvalue weighted by Gasteiger charge is -2.11. The van der Waals surface area contributed by atoms with Gasteiger partial charge in [0.15, 0.2) is 5.69 Å². The third-order valence-corrected chi connectivity index (χ3v) is 1.97. The van der Waals surface area contributed by atoms with Crippen LogP contribution in [0.1, 0.15) is 17.4 Å². The fraction of sp³-hybridized carbons (Fsp3) is 0.182. The van der Waals surface area contributed by atoms with E-state index in [4.69, 9.17) is 5.11 Å². The third-order valence-electron chi connectivity index (χ3n) is 1.97. The molecule has 0 aliphatic rings. The molecule has 6 nitrogen and oxygen atoms in total. The normalized spacial score (nSPS) is 11.4. The monoisotopic (exact) mass is 235 g/mol.